The van der Waals surface area contributed by atoms with E-state index < -0.39 is 5.82 Å². The molecular formula is C11H8Cl2FN. The predicted molar refractivity (Wildman–Crippen MR) is 60.1 cm³/mol. The van der Waals surface area contributed by atoms with Crippen molar-refractivity contribution in [2.24, 2.45) is 0 Å². The third-order valence-corrected chi connectivity index (χ3v) is 2.66. The molecule has 15 heavy (non-hydrogen) atoms. The zero-order chi connectivity index (χ0) is 11.4. The van der Waals surface area contributed by atoms with Gasteiger partial charge in [0, 0.05) is 5.57 Å². The van der Waals surface area contributed by atoms with E-state index in [4.69, 9.17) is 28.5 Å². The Hall–Kier alpha value is -1.04. The number of halogens is 3. The highest BCUT2D eigenvalue weighted by atomic mass is 35.5. The lowest BCUT2D eigenvalue weighted by atomic mass is 10.1. The quantitative estimate of drug-likeness (QED) is 0.709. The predicted octanol–water partition coefficient (Wildman–Crippen LogP) is 4.36. The lowest BCUT2D eigenvalue weighted by Crippen LogP contribution is -1.85. The van der Waals surface area contributed by atoms with E-state index in [1.165, 1.54) is 18.2 Å². The van der Waals surface area contributed by atoms with Crippen LogP contribution in [0.3, 0.4) is 0 Å². The minimum Gasteiger partial charge on any atom is -0.205 e. The van der Waals surface area contributed by atoms with Gasteiger partial charge in [-0.15, -0.1) is 0 Å². The molecule has 0 heterocycles. The highest BCUT2D eigenvalue weighted by molar-refractivity contribution is 6.49. The van der Waals surface area contributed by atoms with Gasteiger partial charge in [0.25, 0.3) is 0 Å². The van der Waals surface area contributed by atoms with E-state index in [2.05, 4.69) is 0 Å². The normalized spacial score (nSPS) is 11.9. The van der Waals surface area contributed by atoms with Crippen molar-refractivity contribution in [3.05, 3.63) is 40.2 Å². The molecule has 1 aromatic rings. The third kappa shape index (κ3) is 2.71. The van der Waals surface area contributed by atoms with Crippen LogP contribution >= 0.6 is 23.2 Å². The Bertz CT molecular complexity index is 446. The van der Waals surface area contributed by atoms with Crippen molar-refractivity contribution in [2.45, 2.75) is 13.3 Å². The largest absolute Gasteiger partial charge is 0.205 e. The summed E-state index contributed by atoms with van der Waals surface area (Å²) in [5.74, 6) is -0.500. The van der Waals surface area contributed by atoms with Gasteiger partial charge in [-0.1, -0.05) is 36.2 Å². The summed E-state index contributed by atoms with van der Waals surface area (Å²) in [6.45, 7) is 1.83. The number of nitrogens with zero attached hydrogens (tertiary/aromatic N) is 1. The van der Waals surface area contributed by atoms with Crippen molar-refractivity contribution < 1.29 is 4.39 Å². The minimum absolute atomic E-state index is 0.000886. The molecule has 0 aliphatic heterocycles. The van der Waals surface area contributed by atoms with Crippen molar-refractivity contribution >= 4 is 28.2 Å². The Morgan fingerprint density at radius 1 is 1.53 bits per heavy atom. The van der Waals surface area contributed by atoms with Crippen molar-refractivity contribution in [1.82, 2.24) is 0 Å². The molecule has 0 saturated carbocycles. The number of benzene rings is 1. The summed E-state index contributed by atoms with van der Waals surface area (Å²) in [7, 11) is 0. The maximum Gasteiger partial charge on any atom is 0.141 e. The molecule has 0 aliphatic carbocycles. The van der Waals surface area contributed by atoms with Gasteiger partial charge in [-0.2, -0.15) is 5.26 Å². The van der Waals surface area contributed by atoms with Crippen LogP contribution in [0.25, 0.3) is 5.03 Å². The van der Waals surface area contributed by atoms with Gasteiger partial charge in [0.2, 0.25) is 0 Å². The van der Waals surface area contributed by atoms with Crippen LogP contribution in [-0.2, 0) is 0 Å². The maximum absolute atomic E-state index is 12.9. The Labute approximate surface area is 97.7 Å². The Morgan fingerprint density at radius 2 is 2.20 bits per heavy atom. The van der Waals surface area contributed by atoms with E-state index in [0.717, 1.165) is 0 Å². The van der Waals surface area contributed by atoms with E-state index >= 15 is 0 Å². The van der Waals surface area contributed by atoms with Crippen molar-refractivity contribution in [1.29, 1.82) is 5.26 Å². The first-order chi connectivity index (χ1) is 7.10. The summed E-state index contributed by atoms with van der Waals surface area (Å²) in [6.07, 6.45) is 0.532. The van der Waals surface area contributed by atoms with Crippen LogP contribution in [0.1, 0.15) is 18.9 Å². The minimum atomic E-state index is -0.500. The Balaban J connectivity index is 3.24. The second-order valence-electron chi connectivity index (χ2n) is 2.89. The average molecular weight is 244 g/mol. The van der Waals surface area contributed by atoms with Crippen molar-refractivity contribution in [3.63, 3.8) is 0 Å². The van der Waals surface area contributed by atoms with Crippen LogP contribution in [0.15, 0.2) is 23.8 Å². The van der Waals surface area contributed by atoms with E-state index in [9.17, 15) is 4.39 Å². The molecule has 1 rings (SSSR count). The molecule has 0 fully saturated rings. The van der Waals surface area contributed by atoms with Gasteiger partial charge in [-0.05, 0) is 24.1 Å². The third-order valence-electron chi connectivity index (χ3n) is 1.93. The molecule has 4 heteroatoms. The van der Waals surface area contributed by atoms with E-state index in [0.29, 0.717) is 22.6 Å². The fourth-order valence-corrected chi connectivity index (χ4v) is 1.56. The summed E-state index contributed by atoms with van der Waals surface area (Å²) < 4.78 is 12.9. The van der Waals surface area contributed by atoms with E-state index in [-0.39, 0.29) is 5.02 Å². The molecule has 0 aliphatic rings. The first-order valence-electron chi connectivity index (χ1n) is 4.34. The molecule has 1 nitrogen and oxygen atoms in total. The fourth-order valence-electron chi connectivity index (χ4n) is 1.09. The molecule has 1 aromatic carbocycles. The molecule has 0 unspecified atom stereocenters. The highest BCUT2D eigenvalue weighted by Crippen LogP contribution is 2.27. The summed E-state index contributed by atoms with van der Waals surface area (Å²) in [5, 5.41) is 9.10. The number of nitriles is 1. The zero-order valence-electron chi connectivity index (χ0n) is 8.02. The molecular weight excluding hydrogens is 236 g/mol. The molecule has 0 aromatic heterocycles. The van der Waals surface area contributed by atoms with Crippen molar-refractivity contribution in [3.8, 4) is 6.07 Å². The maximum atomic E-state index is 12.9. The topological polar surface area (TPSA) is 23.8 Å². The van der Waals surface area contributed by atoms with Gasteiger partial charge >= 0.3 is 0 Å². The molecule has 78 valence electrons. The van der Waals surface area contributed by atoms with Crippen LogP contribution in [0, 0.1) is 17.1 Å². The highest BCUT2D eigenvalue weighted by Gasteiger charge is 2.07. The smallest absolute Gasteiger partial charge is 0.141 e. The zero-order valence-corrected chi connectivity index (χ0v) is 9.53. The Morgan fingerprint density at radius 3 is 2.67 bits per heavy atom. The Kier molecular flexibility index (Phi) is 4.14. The van der Waals surface area contributed by atoms with Crippen molar-refractivity contribution in [2.75, 3.05) is 0 Å². The van der Waals surface area contributed by atoms with Gasteiger partial charge in [-0.3, -0.25) is 0 Å². The standard InChI is InChI=1S/C11H8Cl2FN/c1-2-7(6-15)11(13)8-3-4-10(14)9(12)5-8/h3-5H,2H2,1H3/b11-7-. The summed E-state index contributed by atoms with van der Waals surface area (Å²) in [6, 6.07) is 6.13. The second kappa shape index (κ2) is 5.16. The number of hydrogen-bond acceptors (Lipinski definition) is 1. The summed E-state index contributed by atoms with van der Waals surface area (Å²) in [4.78, 5) is 0. The van der Waals surface area contributed by atoms with Gasteiger partial charge in [0.15, 0.2) is 0 Å². The molecule has 0 bridgehead atoms. The van der Waals surface area contributed by atoms with Crippen LogP contribution in [0.5, 0.6) is 0 Å². The lowest BCUT2D eigenvalue weighted by Gasteiger charge is -2.03. The molecule has 0 atom stereocenters. The number of hydrogen-bond donors (Lipinski definition) is 0. The van der Waals surface area contributed by atoms with Crippen LogP contribution in [-0.4, -0.2) is 0 Å². The summed E-state index contributed by atoms with van der Waals surface area (Å²) >= 11 is 11.6. The first kappa shape index (κ1) is 12.0. The van der Waals surface area contributed by atoms with Gasteiger partial charge < -0.3 is 0 Å². The van der Waals surface area contributed by atoms with Gasteiger partial charge in [-0.25, -0.2) is 4.39 Å². The van der Waals surface area contributed by atoms with Crippen LogP contribution < -0.4 is 0 Å². The second-order valence-corrected chi connectivity index (χ2v) is 3.67. The molecule has 0 N–H and O–H groups in total. The molecule has 0 radical (unpaired) electrons. The molecule has 0 saturated heterocycles. The van der Waals surface area contributed by atoms with Crippen LogP contribution in [0.4, 0.5) is 4.39 Å². The lowest BCUT2D eigenvalue weighted by molar-refractivity contribution is 0.628. The summed E-state index contributed by atoms with van der Waals surface area (Å²) in [5.41, 5.74) is 1.01. The monoisotopic (exact) mass is 243 g/mol. The first-order valence-corrected chi connectivity index (χ1v) is 5.10. The SMILES string of the molecule is CC/C(C#N)=C(/Cl)c1ccc(F)c(Cl)c1. The number of rotatable bonds is 2. The van der Waals surface area contributed by atoms with Gasteiger partial charge in [0.05, 0.1) is 16.1 Å². The molecule has 0 spiro atoms. The van der Waals surface area contributed by atoms with Crippen LogP contribution in [0.2, 0.25) is 5.02 Å². The average Bonchev–Trinajstić information content (AvgIpc) is 2.23. The molecule has 0 amide bonds. The van der Waals surface area contributed by atoms with Gasteiger partial charge in [0.1, 0.15) is 5.82 Å². The van der Waals surface area contributed by atoms with E-state index in [1.807, 2.05) is 13.0 Å². The fraction of sp³-hybridized carbons (Fsp3) is 0.182. The van der Waals surface area contributed by atoms with E-state index in [1.54, 1.807) is 0 Å². The number of allylic oxidation sites excluding steroid dienone is 1.